The maximum atomic E-state index is 11.5. The highest BCUT2D eigenvalue weighted by Gasteiger charge is 2.25. The Hall–Kier alpha value is -1.39. The average Bonchev–Trinajstić information content (AvgIpc) is 2.38. The van der Waals surface area contributed by atoms with Crippen LogP contribution in [0.4, 0.5) is 0 Å². The molecule has 4 heteroatoms. The van der Waals surface area contributed by atoms with E-state index in [-0.39, 0.29) is 5.78 Å². The van der Waals surface area contributed by atoms with Gasteiger partial charge in [0.2, 0.25) is 0 Å². The summed E-state index contributed by atoms with van der Waals surface area (Å²) in [5.41, 5.74) is 0.659. The van der Waals surface area contributed by atoms with Gasteiger partial charge in [-0.05, 0) is 32.9 Å². The van der Waals surface area contributed by atoms with Gasteiger partial charge in [-0.1, -0.05) is 12.1 Å². The first-order chi connectivity index (χ1) is 9.56. The highest BCUT2D eigenvalue weighted by Crippen LogP contribution is 2.17. The molecule has 3 atom stereocenters. The van der Waals surface area contributed by atoms with Crippen molar-refractivity contribution in [2.24, 2.45) is 0 Å². The fourth-order valence-corrected chi connectivity index (χ4v) is 2.78. The van der Waals surface area contributed by atoms with Gasteiger partial charge in [0.25, 0.3) is 0 Å². The number of ketones is 1. The molecule has 0 aliphatic carbocycles. The molecule has 0 amide bonds. The SMILES string of the molecule is CC(=O)c1ccccc1OCC[NH+]1C[C@@H](C)O[C@@H](C)C1. The van der Waals surface area contributed by atoms with E-state index in [2.05, 4.69) is 13.8 Å². The fourth-order valence-electron chi connectivity index (χ4n) is 2.78. The van der Waals surface area contributed by atoms with Crippen molar-refractivity contribution in [3.05, 3.63) is 29.8 Å². The van der Waals surface area contributed by atoms with Crippen molar-refractivity contribution in [3.63, 3.8) is 0 Å². The van der Waals surface area contributed by atoms with Gasteiger partial charge in [-0.3, -0.25) is 4.79 Å². The third-order valence-corrected chi connectivity index (χ3v) is 3.60. The normalized spacial score (nSPS) is 26.2. The number of ether oxygens (including phenoxy) is 2. The summed E-state index contributed by atoms with van der Waals surface area (Å²) in [6.07, 6.45) is 0.608. The van der Waals surface area contributed by atoms with Crippen LogP contribution in [0, 0.1) is 0 Å². The summed E-state index contributed by atoms with van der Waals surface area (Å²) in [4.78, 5) is 13.0. The molecule has 0 bridgehead atoms. The summed E-state index contributed by atoms with van der Waals surface area (Å²) in [6.45, 7) is 9.38. The predicted molar refractivity (Wildman–Crippen MR) is 77.5 cm³/mol. The van der Waals surface area contributed by atoms with Crippen LogP contribution in [0.5, 0.6) is 5.75 Å². The summed E-state index contributed by atoms with van der Waals surface area (Å²) >= 11 is 0. The molecule has 1 heterocycles. The molecule has 0 radical (unpaired) electrons. The molecule has 0 saturated carbocycles. The fraction of sp³-hybridized carbons (Fsp3) is 0.562. The predicted octanol–water partition coefficient (Wildman–Crippen LogP) is 0.960. The molecule has 1 aliphatic heterocycles. The van der Waals surface area contributed by atoms with E-state index >= 15 is 0 Å². The van der Waals surface area contributed by atoms with Crippen LogP contribution in [0.3, 0.4) is 0 Å². The van der Waals surface area contributed by atoms with Crippen LogP contribution in [-0.4, -0.2) is 44.2 Å². The van der Waals surface area contributed by atoms with Crippen molar-refractivity contribution in [2.45, 2.75) is 33.0 Å². The second kappa shape index (κ2) is 6.86. The highest BCUT2D eigenvalue weighted by atomic mass is 16.5. The molecule has 2 rings (SSSR count). The standard InChI is InChI=1S/C16H23NO3/c1-12-10-17(11-13(2)20-12)8-9-19-16-7-5-4-6-15(16)14(3)18/h4-7,12-13H,8-11H2,1-3H3/p+1/t12-,13+. The van der Waals surface area contributed by atoms with E-state index in [0.717, 1.165) is 19.6 Å². The lowest BCUT2D eigenvalue weighted by Crippen LogP contribution is -3.16. The quantitative estimate of drug-likeness (QED) is 0.816. The minimum Gasteiger partial charge on any atom is -0.487 e. The largest absolute Gasteiger partial charge is 0.487 e. The van der Waals surface area contributed by atoms with Crippen molar-refractivity contribution in [1.29, 1.82) is 0 Å². The van der Waals surface area contributed by atoms with Crippen molar-refractivity contribution in [1.82, 2.24) is 0 Å². The number of rotatable bonds is 5. The monoisotopic (exact) mass is 278 g/mol. The van der Waals surface area contributed by atoms with Gasteiger partial charge < -0.3 is 14.4 Å². The number of carbonyl (C=O) groups is 1. The Balaban J connectivity index is 1.85. The summed E-state index contributed by atoms with van der Waals surface area (Å²) < 4.78 is 11.5. The molecule has 1 aromatic rings. The minimum absolute atomic E-state index is 0.0431. The molecule has 1 unspecified atom stereocenters. The van der Waals surface area contributed by atoms with Crippen LogP contribution in [-0.2, 0) is 4.74 Å². The Morgan fingerprint density at radius 3 is 2.60 bits per heavy atom. The molecular formula is C16H24NO3+. The van der Waals surface area contributed by atoms with E-state index in [4.69, 9.17) is 9.47 Å². The number of hydrogen-bond donors (Lipinski definition) is 1. The zero-order chi connectivity index (χ0) is 14.5. The molecule has 1 fully saturated rings. The molecule has 110 valence electrons. The Morgan fingerprint density at radius 1 is 1.30 bits per heavy atom. The van der Waals surface area contributed by atoms with Gasteiger partial charge in [0.15, 0.2) is 5.78 Å². The highest BCUT2D eigenvalue weighted by molar-refractivity contribution is 5.96. The number of Topliss-reactive ketones (excluding diaryl/α,β-unsaturated/α-hetero) is 1. The van der Waals surface area contributed by atoms with Crippen LogP contribution in [0.2, 0.25) is 0 Å². The third-order valence-electron chi connectivity index (χ3n) is 3.60. The average molecular weight is 278 g/mol. The van der Waals surface area contributed by atoms with Crippen LogP contribution in [0.15, 0.2) is 24.3 Å². The summed E-state index contributed by atoms with van der Waals surface area (Å²) in [5, 5.41) is 0. The first-order valence-corrected chi connectivity index (χ1v) is 7.28. The zero-order valence-corrected chi connectivity index (χ0v) is 12.5. The van der Waals surface area contributed by atoms with Crippen LogP contribution < -0.4 is 9.64 Å². The summed E-state index contributed by atoms with van der Waals surface area (Å²) in [7, 11) is 0. The maximum absolute atomic E-state index is 11.5. The number of quaternary nitrogens is 1. The van der Waals surface area contributed by atoms with Crippen molar-refractivity contribution in [3.8, 4) is 5.75 Å². The van der Waals surface area contributed by atoms with Crippen LogP contribution in [0.1, 0.15) is 31.1 Å². The molecule has 20 heavy (non-hydrogen) atoms. The van der Waals surface area contributed by atoms with Gasteiger partial charge in [-0.2, -0.15) is 0 Å². The van der Waals surface area contributed by atoms with Gasteiger partial charge in [0, 0.05) is 0 Å². The number of carbonyl (C=O) groups excluding carboxylic acids is 1. The van der Waals surface area contributed by atoms with Gasteiger partial charge in [0.1, 0.15) is 44.2 Å². The molecule has 1 aliphatic rings. The van der Waals surface area contributed by atoms with E-state index in [0.29, 0.717) is 30.1 Å². The molecule has 1 N–H and O–H groups in total. The minimum atomic E-state index is 0.0431. The molecule has 1 saturated heterocycles. The van der Waals surface area contributed by atoms with Crippen molar-refractivity contribution in [2.75, 3.05) is 26.2 Å². The van der Waals surface area contributed by atoms with Gasteiger partial charge in [0.05, 0.1) is 5.56 Å². The van der Waals surface area contributed by atoms with Gasteiger partial charge in [-0.25, -0.2) is 0 Å². The third kappa shape index (κ3) is 4.05. The number of morpholine rings is 1. The number of para-hydroxylation sites is 1. The molecule has 0 spiro atoms. The van der Waals surface area contributed by atoms with Gasteiger partial charge in [-0.15, -0.1) is 0 Å². The smallest absolute Gasteiger partial charge is 0.163 e. The Morgan fingerprint density at radius 2 is 1.95 bits per heavy atom. The lowest BCUT2D eigenvalue weighted by atomic mass is 10.1. The lowest BCUT2D eigenvalue weighted by molar-refractivity contribution is -0.915. The number of nitrogens with one attached hydrogen (secondary N) is 1. The Bertz CT molecular complexity index is 451. The molecule has 4 nitrogen and oxygen atoms in total. The Labute approximate surface area is 120 Å². The summed E-state index contributed by atoms with van der Waals surface area (Å²) in [6, 6.07) is 7.42. The maximum Gasteiger partial charge on any atom is 0.163 e. The van der Waals surface area contributed by atoms with E-state index < -0.39 is 0 Å². The van der Waals surface area contributed by atoms with Crippen LogP contribution >= 0.6 is 0 Å². The second-order valence-corrected chi connectivity index (χ2v) is 5.57. The molecular weight excluding hydrogens is 254 g/mol. The first kappa shape index (κ1) is 15.0. The number of benzene rings is 1. The van der Waals surface area contributed by atoms with Crippen molar-refractivity contribution >= 4 is 5.78 Å². The summed E-state index contributed by atoms with van der Waals surface area (Å²) in [5.74, 6) is 0.732. The van der Waals surface area contributed by atoms with Crippen molar-refractivity contribution < 1.29 is 19.2 Å². The van der Waals surface area contributed by atoms with E-state index in [1.54, 1.807) is 6.92 Å². The van der Waals surface area contributed by atoms with Gasteiger partial charge >= 0.3 is 0 Å². The van der Waals surface area contributed by atoms with E-state index in [9.17, 15) is 4.79 Å². The lowest BCUT2D eigenvalue weighted by Gasteiger charge is -2.32. The molecule has 1 aromatic carbocycles. The van der Waals surface area contributed by atoms with E-state index in [1.807, 2.05) is 24.3 Å². The first-order valence-electron chi connectivity index (χ1n) is 7.28. The number of hydrogen-bond acceptors (Lipinski definition) is 3. The van der Waals surface area contributed by atoms with Crippen LogP contribution in [0.25, 0.3) is 0 Å². The topological polar surface area (TPSA) is 40.0 Å². The second-order valence-electron chi connectivity index (χ2n) is 5.57. The molecule has 0 aromatic heterocycles. The zero-order valence-electron chi connectivity index (χ0n) is 12.5. The van der Waals surface area contributed by atoms with E-state index in [1.165, 1.54) is 4.90 Å². The Kier molecular flexibility index (Phi) is 5.15.